The Morgan fingerprint density at radius 3 is 2.72 bits per heavy atom. The maximum Gasteiger partial charge on any atom is 0.229 e. The lowest BCUT2D eigenvalue weighted by Gasteiger charge is -2.18. The average molecular weight is 408 g/mol. The number of ether oxygens (including phenoxy) is 3. The number of anilines is 1. The van der Waals surface area contributed by atoms with Gasteiger partial charge in [0.2, 0.25) is 5.91 Å². The van der Waals surface area contributed by atoms with Crippen LogP contribution in [0.25, 0.3) is 11.3 Å². The smallest absolute Gasteiger partial charge is 0.229 e. The number of carbonyl (C=O) groups excluding carboxylic acids is 1. The van der Waals surface area contributed by atoms with E-state index in [1.54, 1.807) is 7.11 Å². The molecule has 2 aliphatic rings. The Morgan fingerprint density at radius 2 is 1.93 bits per heavy atom. The molecule has 7 heteroatoms. The van der Waals surface area contributed by atoms with Crippen molar-refractivity contribution in [3.05, 3.63) is 53.4 Å². The number of hydrogen-bond acceptors (Lipinski definition) is 6. The molecule has 1 aromatic heterocycles. The summed E-state index contributed by atoms with van der Waals surface area (Å²) in [5.74, 6) is 2.58. The summed E-state index contributed by atoms with van der Waals surface area (Å²) in [6.45, 7) is 1.11. The largest absolute Gasteiger partial charge is 0.497 e. The molecular weight excluding hydrogens is 388 g/mol. The molecule has 29 heavy (non-hydrogen) atoms. The fraction of sp³-hybridized carbons (Fsp3) is 0.273. The van der Waals surface area contributed by atoms with Gasteiger partial charge < -0.3 is 19.5 Å². The van der Waals surface area contributed by atoms with E-state index in [2.05, 4.69) is 10.3 Å². The first kappa shape index (κ1) is 18.0. The Bertz CT molecular complexity index is 1050. The van der Waals surface area contributed by atoms with Crippen molar-refractivity contribution in [1.82, 2.24) is 4.98 Å². The van der Waals surface area contributed by atoms with Crippen molar-refractivity contribution in [3.8, 4) is 28.5 Å². The fourth-order valence-electron chi connectivity index (χ4n) is 3.57. The number of benzene rings is 2. The molecule has 2 atom stereocenters. The third kappa shape index (κ3) is 3.65. The van der Waals surface area contributed by atoms with Crippen LogP contribution in [0.5, 0.6) is 17.2 Å². The molecule has 2 aromatic carbocycles. The minimum absolute atomic E-state index is 0.00922. The van der Waals surface area contributed by atoms with Crippen molar-refractivity contribution in [3.63, 3.8) is 0 Å². The van der Waals surface area contributed by atoms with Gasteiger partial charge in [0.05, 0.1) is 12.8 Å². The van der Waals surface area contributed by atoms with E-state index in [1.165, 1.54) is 16.9 Å². The highest BCUT2D eigenvalue weighted by Crippen LogP contribution is 2.48. The van der Waals surface area contributed by atoms with Crippen LogP contribution in [0.1, 0.15) is 17.9 Å². The van der Waals surface area contributed by atoms with E-state index in [0.29, 0.717) is 18.3 Å². The summed E-state index contributed by atoms with van der Waals surface area (Å²) in [5, 5.41) is 5.52. The van der Waals surface area contributed by atoms with E-state index in [-0.39, 0.29) is 17.7 Å². The molecule has 1 fully saturated rings. The number of carbonyl (C=O) groups is 1. The number of rotatable bonds is 5. The van der Waals surface area contributed by atoms with E-state index >= 15 is 0 Å². The highest BCUT2D eigenvalue weighted by atomic mass is 32.1. The van der Waals surface area contributed by atoms with Gasteiger partial charge in [-0.2, -0.15) is 0 Å². The second-order valence-electron chi connectivity index (χ2n) is 7.11. The van der Waals surface area contributed by atoms with Gasteiger partial charge in [-0.3, -0.25) is 4.79 Å². The van der Waals surface area contributed by atoms with Crippen LogP contribution >= 0.6 is 11.3 Å². The zero-order valence-corrected chi connectivity index (χ0v) is 16.7. The first-order valence-electron chi connectivity index (χ1n) is 9.51. The summed E-state index contributed by atoms with van der Waals surface area (Å²) in [5.41, 5.74) is 2.92. The standard InChI is InChI=1S/C22H20N2O4S/c1-26-15-5-2-13(3-6-15)16-11-17(16)21(25)24-22-23-18(12-29-22)14-4-7-19-20(10-14)28-9-8-27-19/h2-7,10,12,16-17H,8-9,11H2,1H3,(H,23,24,25). The highest BCUT2D eigenvalue weighted by molar-refractivity contribution is 7.14. The molecule has 1 amide bonds. The first-order chi connectivity index (χ1) is 14.2. The summed E-state index contributed by atoms with van der Waals surface area (Å²) < 4.78 is 16.4. The number of fused-ring (bicyclic) bond motifs is 1. The van der Waals surface area contributed by atoms with Crippen molar-refractivity contribution in [2.24, 2.45) is 5.92 Å². The van der Waals surface area contributed by atoms with Gasteiger partial charge in [-0.1, -0.05) is 12.1 Å². The zero-order valence-electron chi connectivity index (χ0n) is 15.9. The molecular formula is C22H20N2O4S. The number of thiazole rings is 1. The zero-order chi connectivity index (χ0) is 19.8. The van der Waals surface area contributed by atoms with Crippen LogP contribution in [-0.4, -0.2) is 31.2 Å². The second kappa shape index (κ2) is 7.40. The maximum absolute atomic E-state index is 12.6. The molecule has 1 saturated carbocycles. The summed E-state index contributed by atoms with van der Waals surface area (Å²) >= 11 is 1.43. The third-order valence-corrected chi connectivity index (χ3v) is 6.00. The van der Waals surface area contributed by atoms with Gasteiger partial charge >= 0.3 is 0 Å². The van der Waals surface area contributed by atoms with E-state index in [1.807, 2.05) is 47.8 Å². The van der Waals surface area contributed by atoms with Crippen LogP contribution in [0, 0.1) is 5.92 Å². The van der Waals surface area contributed by atoms with Gasteiger partial charge in [-0.05, 0) is 48.2 Å². The van der Waals surface area contributed by atoms with Gasteiger partial charge in [-0.25, -0.2) is 4.98 Å². The van der Waals surface area contributed by atoms with E-state index in [4.69, 9.17) is 14.2 Å². The Morgan fingerprint density at radius 1 is 1.14 bits per heavy atom. The lowest BCUT2D eigenvalue weighted by atomic mass is 10.1. The van der Waals surface area contributed by atoms with Crippen molar-refractivity contribution in [2.45, 2.75) is 12.3 Å². The minimum Gasteiger partial charge on any atom is -0.497 e. The van der Waals surface area contributed by atoms with Crippen LogP contribution in [-0.2, 0) is 4.79 Å². The van der Waals surface area contributed by atoms with E-state index in [0.717, 1.165) is 34.9 Å². The summed E-state index contributed by atoms with van der Waals surface area (Å²) in [6.07, 6.45) is 0.860. The number of nitrogens with zero attached hydrogens (tertiary/aromatic N) is 1. The summed E-state index contributed by atoms with van der Waals surface area (Å²) in [4.78, 5) is 17.2. The van der Waals surface area contributed by atoms with Gasteiger partial charge in [-0.15, -0.1) is 11.3 Å². The minimum atomic E-state index is -0.00922. The van der Waals surface area contributed by atoms with Crippen LogP contribution in [0.15, 0.2) is 47.8 Å². The molecule has 0 saturated heterocycles. The van der Waals surface area contributed by atoms with Crippen LogP contribution in [0.2, 0.25) is 0 Å². The average Bonchev–Trinajstić information content (AvgIpc) is 3.45. The predicted molar refractivity (Wildman–Crippen MR) is 111 cm³/mol. The lowest BCUT2D eigenvalue weighted by Crippen LogP contribution is -2.15. The Kier molecular flexibility index (Phi) is 4.60. The molecule has 2 heterocycles. The number of amides is 1. The second-order valence-corrected chi connectivity index (χ2v) is 7.97. The highest BCUT2D eigenvalue weighted by Gasteiger charge is 2.44. The van der Waals surface area contributed by atoms with Crippen LogP contribution in [0.3, 0.4) is 0 Å². The van der Waals surface area contributed by atoms with Gasteiger partial charge in [0.1, 0.15) is 19.0 Å². The maximum atomic E-state index is 12.6. The normalized spacial score (nSPS) is 19.5. The van der Waals surface area contributed by atoms with Crippen molar-refractivity contribution >= 4 is 22.4 Å². The summed E-state index contributed by atoms with van der Waals surface area (Å²) in [7, 11) is 1.65. The van der Waals surface area contributed by atoms with Gasteiger partial charge in [0.25, 0.3) is 0 Å². The van der Waals surface area contributed by atoms with Crippen molar-refractivity contribution < 1.29 is 19.0 Å². The molecule has 2 unspecified atom stereocenters. The number of hydrogen-bond donors (Lipinski definition) is 1. The lowest BCUT2D eigenvalue weighted by molar-refractivity contribution is -0.117. The van der Waals surface area contributed by atoms with Crippen molar-refractivity contribution in [2.75, 3.05) is 25.6 Å². The monoisotopic (exact) mass is 408 g/mol. The molecule has 5 rings (SSSR count). The predicted octanol–water partition coefficient (Wildman–Crippen LogP) is 4.33. The quantitative estimate of drug-likeness (QED) is 0.680. The van der Waals surface area contributed by atoms with Crippen LogP contribution < -0.4 is 19.5 Å². The first-order valence-corrected chi connectivity index (χ1v) is 10.4. The van der Waals surface area contributed by atoms with E-state index < -0.39 is 0 Å². The van der Waals surface area contributed by atoms with Crippen molar-refractivity contribution in [1.29, 1.82) is 0 Å². The van der Waals surface area contributed by atoms with Gasteiger partial charge in [0.15, 0.2) is 16.6 Å². The molecule has 3 aromatic rings. The molecule has 0 radical (unpaired) electrons. The summed E-state index contributed by atoms with van der Waals surface area (Å²) in [6, 6.07) is 13.7. The number of methoxy groups -OCH3 is 1. The molecule has 1 aliphatic heterocycles. The third-order valence-electron chi connectivity index (χ3n) is 5.24. The molecule has 0 bridgehead atoms. The Labute approximate surface area is 172 Å². The Hall–Kier alpha value is -3.06. The van der Waals surface area contributed by atoms with Gasteiger partial charge in [0, 0.05) is 16.9 Å². The fourth-order valence-corrected chi connectivity index (χ4v) is 4.29. The van der Waals surface area contributed by atoms with Crippen LogP contribution in [0.4, 0.5) is 5.13 Å². The number of nitrogens with one attached hydrogen (secondary N) is 1. The molecule has 1 aliphatic carbocycles. The molecule has 148 valence electrons. The van der Waals surface area contributed by atoms with E-state index in [9.17, 15) is 4.79 Å². The Balaban J connectivity index is 1.24. The molecule has 1 N–H and O–H groups in total. The topological polar surface area (TPSA) is 69.7 Å². The SMILES string of the molecule is COc1ccc(C2CC2C(=O)Nc2nc(-c3ccc4c(c3)OCCO4)cs2)cc1. The molecule has 0 spiro atoms. The number of aromatic nitrogens is 1. The molecule has 6 nitrogen and oxygen atoms in total.